The van der Waals surface area contributed by atoms with Crippen LogP contribution in [0.1, 0.15) is 17.1 Å². The molecule has 1 N–H and O–H groups in total. The fourth-order valence-corrected chi connectivity index (χ4v) is 2.86. The summed E-state index contributed by atoms with van der Waals surface area (Å²) < 4.78 is 2.01. The molecule has 0 fully saturated rings. The Morgan fingerprint density at radius 3 is 2.95 bits per heavy atom. The van der Waals surface area contributed by atoms with Crippen LogP contribution in [0.15, 0.2) is 24.3 Å². The zero-order valence-electron chi connectivity index (χ0n) is 11.5. The van der Waals surface area contributed by atoms with Crippen LogP contribution in [-0.4, -0.2) is 26.1 Å². The third-order valence-corrected chi connectivity index (χ3v) is 3.76. The number of hydrogen-bond acceptors (Lipinski definition) is 4. The minimum Gasteiger partial charge on any atom is -0.384 e. The number of aromatic nitrogens is 4. The average molecular weight is 265 g/mol. The lowest BCUT2D eigenvalue weighted by Gasteiger charge is -2.06. The zero-order valence-corrected chi connectivity index (χ0v) is 11.5. The number of benzene rings is 1. The van der Waals surface area contributed by atoms with Crippen LogP contribution in [0.2, 0.25) is 0 Å². The first-order chi connectivity index (χ1) is 9.72. The van der Waals surface area contributed by atoms with Gasteiger partial charge in [-0.1, -0.05) is 0 Å². The quantitative estimate of drug-likeness (QED) is 0.734. The van der Waals surface area contributed by atoms with Crippen LogP contribution in [0.3, 0.4) is 0 Å². The van der Waals surface area contributed by atoms with Gasteiger partial charge in [0.25, 0.3) is 0 Å². The van der Waals surface area contributed by atoms with Gasteiger partial charge in [-0.05, 0) is 44.0 Å². The Hall–Kier alpha value is -2.43. The Morgan fingerprint density at radius 2 is 2.05 bits per heavy atom. The summed E-state index contributed by atoms with van der Waals surface area (Å²) in [5, 5.41) is 12.0. The molecule has 4 rings (SSSR count). The van der Waals surface area contributed by atoms with Crippen molar-refractivity contribution in [1.29, 1.82) is 0 Å². The maximum atomic E-state index is 4.50. The van der Waals surface area contributed by atoms with Gasteiger partial charge in [0.15, 0.2) is 11.5 Å². The number of fused-ring (bicyclic) bond motifs is 2. The molecule has 5 nitrogen and oxygen atoms in total. The second-order valence-electron chi connectivity index (χ2n) is 5.21. The van der Waals surface area contributed by atoms with Crippen LogP contribution in [0, 0.1) is 13.8 Å². The smallest absolute Gasteiger partial charge is 0.169 e. The summed E-state index contributed by atoms with van der Waals surface area (Å²) in [6.45, 7) is 4.98. The van der Waals surface area contributed by atoms with E-state index in [1.54, 1.807) is 0 Å². The molecular formula is C15H15N5. The van der Waals surface area contributed by atoms with Gasteiger partial charge in [0, 0.05) is 29.6 Å². The van der Waals surface area contributed by atoms with Gasteiger partial charge in [-0.25, -0.2) is 4.98 Å². The van der Waals surface area contributed by atoms with Crippen molar-refractivity contribution in [2.24, 2.45) is 0 Å². The third-order valence-electron chi connectivity index (χ3n) is 3.76. The van der Waals surface area contributed by atoms with E-state index in [4.69, 9.17) is 0 Å². The molecule has 0 saturated carbocycles. The normalized spacial score (nSPS) is 13.5. The van der Waals surface area contributed by atoms with Crippen molar-refractivity contribution in [3.05, 3.63) is 41.3 Å². The SMILES string of the molecule is Cc1cc2nnc(-c3ccc4c(c3)CCN4)n2c(C)n1. The molecule has 0 bridgehead atoms. The molecule has 0 spiro atoms. The van der Waals surface area contributed by atoms with Crippen LogP contribution in [-0.2, 0) is 6.42 Å². The van der Waals surface area contributed by atoms with Gasteiger partial charge >= 0.3 is 0 Å². The number of nitrogens with zero attached hydrogens (tertiary/aromatic N) is 4. The molecule has 0 radical (unpaired) electrons. The molecule has 0 aliphatic carbocycles. The number of aryl methyl sites for hydroxylation is 2. The van der Waals surface area contributed by atoms with Gasteiger partial charge in [0.05, 0.1) is 0 Å². The van der Waals surface area contributed by atoms with Crippen molar-refractivity contribution in [2.45, 2.75) is 20.3 Å². The Labute approximate surface area is 116 Å². The largest absolute Gasteiger partial charge is 0.384 e. The highest BCUT2D eigenvalue weighted by Gasteiger charge is 2.15. The molecule has 3 aromatic rings. The van der Waals surface area contributed by atoms with E-state index in [2.05, 4.69) is 38.7 Å². The van der Waals surface area contributed by atoms with Gasteiger partial charge in [-0.2, -0.15) is 0 Å². The number of nitrogens with one attached hydrogen (secondary N) is 1. The molecule has 1 aromatic carbocycles. The highest BCUT2D eigenvalue weighted by Crippen LogP contribution is 2.28. The number of rotatable bonds is 1. The van der Waals surface area contributed by atoms with Crippen LogP contribution in [0.5, 0.6) is 0 Å². The minimum atomic E-state index is 0.851. The topological polar surface area (TPSA) is 55.1 Å². The standard InChI is InChI=1S/C15H15N5/c1-9-7-14-18-19-15(20(14)10(2)17-9)12-3-4-13-11(8-12)5-6-16-13/h3-4,7-8,16H,5-6H2,1-2H3. The van der Waals surface area contributed by atoms with Crippen molar-refractivity contribution in [3.8, 4) is 11.4 Å². The molecule has 3 heterocycles. The van der Waals surface area contributed by atoms with Crippen LogP contribution < -0.4 is 5.32 Å². The summed E-state index contributed by atoms with van der Waals surface area (Å²) in [7, 11) is 0. The minimum absolute atomic E-state index is 0.851. The molecule has 1 aliphatic rings. The fraction of sp³-hybridized carbons (Fsp3) is 0.267. The van der Waals surface area contributed by atoms with Crippen molar-refractivity contribution >= 4 is 11.3 Å². The van der Waals surface area contributed by atoms with Crippen molar-refractivity contribution in [1.82, 2.24) is 19.6 Å². The highest BCUT2D eigenvalue weighted by atomic mass is 15.3. The van der Waals surface area contributed by atoms with Gasteiger partial charge in [0.1, 0.15) is 5.82 Å². The third kappa shape index (κ3) is 1.59. The highest BCUT2D eigenvalue weighted by molar-refractivity contribution is 5.67. The van der Waals surface area contributed by atoms with E-state index in [1.165, 1.54) is 11.3 Å². The predicted octanol–water partition coefficient (Wildman–Crippen LogP) is 2.38. The van der Waals surface area contributed by atoms with Gasteiger partial charge < -0.3 is 5.32 Å². The number of hydrogen-bond donors (Lipinski definition) is 1. The van der Waals surface area contributed by atoms with Gasteiger partial charge in [0.2, 0.25) is 0 Å². The molecule has 0 unspecified atom stereocenters. The van der Waals surface area contributed by atoms with Crippen molar-refractivity contribution in [2.75, 3.05) is 11.9 Å². The zero-order chi connectivity index (χ0) is 13.7. The van der Waals surface area contributed by atoms with Crippen LogP contribution in [0.25, 0.3) is 17.0 Å². The predicted molar refractivity (Wildman–Crippen MR) is 77.9 cm³/mol. The fourth-order valence-electron chi connectivity index (χ4n) is 2.86. The molecule has 1 aliphatic heterocycles. The molecule has 5 heteroatoms. The van der Waals surface area contributed by atoms with Crippen molar-refractivity contribution in [3.63, 3.8) is 0 Å². The molecule has 0 atom stereocenters. The second kappa shape index (κ2) is 4.03. The average Bonchev–Trinajstić information content (AvgIpc) is 3.03. The lowest BCUT2D eigenvalue weighted by molar-refractivity contribution is 0.961. The summed E-state index contributed by atoms with van der Waals surface area (Å²) in [5.41, 5.74) is 5.48. The van der Waals surface area contributed by atoms with Gasteiger partial charge in [-0.3, -0.25) is 4.40 Å². The maximum absolute atomic E-state index is 4.50. The Bertz CT molecular complexity index is 818. The molecule has 0 saturated heterocycles. The monoisotopic (exact) mass is 265 g/mol. The van der Waals surface area contributed by atoms with Gasteiger partial charge in [-0.15, -0.1) is 10.2 Å². The summed E-state index contributed by atoms with van der Waals surface area (Å²) in [4.78, 5) is 4.50. The Morgan fingerprint density at radius 1 is 1.15 bits per heavy atom. The first kappa shape index (κ1) is 11.4. The Balaban J connectivity index is 1.94. The molecule has 100 valence electrons. The number of anilines is 1. The first-order valence-corrected chi connectivity index (χ1v) is 6.79. The van der Waals surface area contributed by atoms with E-state index in [1.807, 2.05) is 24.3 Å². The summed E-state index contributed by atoms with van der Waals surface area (Å²) in [6.07, 6.45) is 1.07. The Kier molecular flexibility index (Phi) is 2.30. The van der Waals surface area contributed by atoms with E-state index < -0.39 is 0 Å². The molecule has 0 amide bonds. The van der Waals surface area contributed by atoms with E-state index in [0.717, 1.165) is 41.5 Å². The van der Waals surface area contributed by atoms with Crippen LogP contribution >= 0.6 is 0 Å². The lowest BCUT2D eigenvalue weighted by atomic mass is 10.1. The second-order valence-corrected chi connectivity index (χ2v) is 5.21. The first-order valence-electron chi connectivity index (χ1n) is 6.79. The van der Waals surface area contributed by atoms with E-state index in [0.29, 0.717) is 0 Å². The molecule has 20 heavy (non-hydrogen) atoms. The maximum Gasteiger partial charge on any atom is 0.169 e. The van der Waals surface area contributed by atoms with Crippen molar-refractivity contribution < 1.29 is 0 Å². The summed E-state index contributed by atoms with van der Waals surface area (Å²) in [6, 6.07) is 8.37. The molecule has 2 aromatic heterocycles. The summed E-state index contributed by atoms with van der Waals surface area (Å²) >= 11 is 0. The van der Waals surface area contributed by atoms with E-state index in [9.17, 15) is 0 Å². The van der Waals surface area contributed by atoms with E-state index in [-0.39, 0.29) is 0 Å². The van der Waals surface area contributed by atoms with Crippen LogP contribution in [0.4, 0.5) is 5.69 Å². The lowest BCUT2D eigenvalue weighted by Crippen LogP contribution is -1.99. The van der Waals surface area contributed by atoms with E-state index >= 15 is 0 Å². The summed E-state index contributed by atoms with van der Waals surface area (Å²) in [5.74, 6) is 1.78. The molecular weight excluding hydrogens is 250 g/mol.